The van der Waals surface area contributed by atoms with Gasteiger partial charge in [0, 0.05) is 49.4 Å². The highest BCUT2D eigenvalue weighted by Gasteiger charge is 2.18. The standard InChI is InChI=1S/C16H26BrN3/c1-13(2)12-19-6-8-20(9-7-19)15-5-4-14(11-18-3)16(17)10-15/h4-5,10,13,18H,6-9,11-12H2,1-3H3. The van der Waals surface area contributed by atoms with Crippen molar-refractivity contribution in [3.8, 4) is 0 Å². The first-order valence-electron chi connectivity index (χ1n) is 7.50. The zero-order valence-corrected chi connectivity index (χ0v) is 14.4. The highest BCUT2D eigenvalue weighted by molar-refractivity contribution is 9.10. The number of benzene rings is 1. The van der Waals surface area contributed by atoms with Crippen molar-refractivity contribution >= 4 is 21.6 Å². The van der Waals surface area contributed by atoms with Gasteiger partial charge in [0.05, 0.1) is 0 Å². The van der Waals surface area contributed by atoms with E-state index in [0.717, 1.165) is 25.6 Å². The van der Waals surface area contributed by atoms with Gasteiger partial charge in [0.2, 0.25) is 0 Å². The van der Waals surface area contributed by atoms with Gasteiger partial charge in [-0.15, -0.1) is 0 Å². The molecule has 1 aromatic rings. The molecule has 1 aliphatic rings. The van der Waals surface area contributed by atoms with Crippen molar-refractivity contribution in [2.24, 2.45) is 5.92 Å². The molecule has 0 aromatic heterocycles. The molecule has 1 fully saturated rings. The molecule has 1 saturated heterocycles. The number of nitrogens with one attached hydrogen (secondary N) is 1. The molecule has 0 radical (unpaired) electrons. The molecule has 0 saturated carbocycles. The van der Waals surface area contributed by atoms with E-state index in [9.17, 15) is 0 Å². The van der Waals surface area contributed by atoms with E-state index in [1.54, 1.807) is 0 Å². The van der Waals surface area contributed by atoms with Crippen LogP contribution in [0.1, 0.15) is 19.4 Å². The number of piperazine rings is 1. The molecule has 1 N–H and O–H groups in total. The Morgan fingerprint density at radius 2 is 1.90 bits per heavy atom. The van der Waals surface area contributed by atoms with Crippen LogP contribution in [0.25, 0.3) is 0 Å². The number of hydrogen-bond donors (Lipinski definition) is 1. The van der Waals surface area contributed by atoms with Gasteiger partial charge in [-0.25, -0.2) is 0 Å². The zero-order valence-electron chi connectivity index (χ0n) is 12.8. The number of halogens is 1. The summed E-state index contributed by atoms with van der Waals surface area (Å²) in [5.74, 6) is 0.761. The summed E-state index contributed by atoms with van der Waals surface area (Å²) in [5, 5.41) is 3.20. The van der Waals surface area contributed by atoms with Gasteiger partial charge in [-0.05, 0) is 30.7 Å². The molecular formula is C16H26BrN3. The number of rotatable bonds is 5. The van der Waals surface area contributed by atoms with Crippen LogP contribution in [0.4, 0.5) is 5.69 Å². The first kappa shape index (κ1) is 15.8. The molecule has 4 heteroatoms. The number of nitrogens with zero attached hydrogens (tertiary/aromatic N) is 2. The molecule has 0 amide bonds. The molecule has 0 aliphatic carbocycles. The molecule has 1 aromatic carbocycles. The van der Waals surface area contributed by atoms with Crippen molar-refractivity contribution in [1.82, 2.24) is 10.2 Å². The molecule has 0 atom stereocenters. The smallest absolute Gasteiger partial charge is 0.0378 e. The molecule has 2 rings (SSSR count). The Bertz CT molecular complexity index is 426. The number of hydrogen-bond acceptors (Lipinski definition) is 3. The Morgan fingerprint density at radius 1 is 1.20 bits per heavy atom. The Labute approximate surface area is 131 Å². The van der Waals surface area contributed by atoms with E-state index >= 15 is 0 Å². The van der Waals surface area contributed by atoms with Gasteiger partial charge in [0.1, 0.15) is 0 Å². The molecule has 0 unspecified atom stereocenters. The van der Waals surface area contributed by atoms with E-state index in [1.165, 1.54) is 35.4 Å². The van der Waals surface area contributed by atoms with E-state index in [-0.39, 0.29) is 0 Å². The fourth-order valence-corrected chi connectivity index (χ4v) is 3.28. The van der Waals surface area contributed by atoms with Crippen LogP contribution in [0.2, 0.25) is 0 Å². The summed E-state index contributed by atoms with van der Waals surface area (Å²) in [5.41, 5.74) is 2.65. The minimum absolute atomic E-state index is 0.761. The first-order chi connectivity index (χ1) is 9.60. The summed E-state index contributed by atoms with van der Waals surface area (Å²) >= 11 is 3.68. The van der Waals surface area contributed by atoms with Gasteiger partial charge in [-0.3, -0.25) is 4.90 Å². The zero-order chi connectivity index (χ0) is 14.5. The van der Waals surface area contributed by atoms with Crippen molar-refractivity contribution in [2.45, 2.75) is 20.4 Å². The summed E-state index contributed by atoms with van der Waals surface area (Å²) in [6, 6.07) is 6.72. The Hall–Kier alpha value is -0.580. The lowest BCUT2D eigenvalue weighted by atomic mass is 10.1. The predicted octanol–water partition coefficient (Wildman–Crippen LogP) is 2.95. The Kier molecular flexibility index (Phi) is 5.87. The summed E-state index contributed by atoms with van der Waals surface area (Å²) in [7, 11) is 1.98. The summed E-state index contributed by atoms with van der Waals surface area (Å²) in [6.45, 7) is 11.3. The topological polar surface area (TPSA) is 18.5 Å². The van der Waals surface area contributed by atoms with Crippen LogP contribution < -0.4 is 10.2 Å². The third-order valence-corrected chi connectivity index (χ3v) is 4.50. The largest absolute Gasteiger partial charge is 0.369 e. The van der Waals surface area contributed by atoms with E-state index < -0.39 is 0 Å². The maximum atomic E-state index is 3.68. The summed E-state index contributed by atoms with van der Waals surface area (Å²) < 4.78 is 1.20. The van der Waals surface area contributed by atoms with Crippen LogP contribution >= 0.6 is 15.9 Å². The number of anilines is 1. The molecule has 0 bridgehead atoms. The lowest BCUT2D eigenvalue weighted by Crippen LogP contribution is -2.47. The summed E-state index contributed by atoms with van der Waals surface area (Å²) in [4.78, 5) is 5.07. The molecule has 1 aliphatic heterocycles. The first-order valence-corrected chi connectivity index (χ1v) is 8.29. The SMILES string of the molecule is CNCc1ccc(N2CCN(CC(C)C)CC2)cc1Br. The van der Waals surface area contributed by atoms with E-state index in [4.69, 9.17) is 0 Å². The van der Waals surface area contributed by atoms with Crippen molar-refractivity contribution in [3.05, 3.63) is 28.2 Å². The normalized spacial score (nSPS) is 16.9. The minimum atomic E-state index is 0.761. The van der Waals surface area contributed by atoms with Crippen LogP contribution in [0.5, 0.6) is 0 Å². The predicted molar refractivity (Wildman–Crippen MR) is 90.4 cm³/mol. The van der Waals surface area contributed by atoms with Gasteiger partial charge in [-0.2, -0.15) is 0 Å². The Morgan fingerprint density at radius 3 is 2.45 bits per heavy atom. The lowest BCUT2D eigenvalue weighted by Gasteiger charge is -2.37. The van der Waals surface area contributed by atoms with Crippen LogP contribution in [0.3, 0.4) is 0 Å². The fourth-order valence-electron chi connectivity index (χ4n) is 2.77. The second kappa shape index (κ2) is 7.43. The molecule has 1 heterocycles. The van der Waals surface area contributed by atoms with E-state index in [2.05, 4.69) is 63.1 Å². The summed E-state index contributed by atoms with van der Waals surface area (Å²) in [6.07, 6.45) is 0. The highest BCUT2D eigenvalue weighted by Crippen LogP contribution is 2.25. The van der Waals surface area contributed by atoms with Gasteiger partial charge in [0.25, 0.3) is 0 Å². The Balaban J connectivity index is 1.95. The van der Waals surface area contributed by atoms with Crippen molar-refractivity contribution in [3.63, 3.8) is 0 Å². The second-order valence-corrected chi connectivity index (χ2v) is 6.84. The maximum Gasteiger partial charge on any atom is 0.0378 e. The third-order valence-electron chi connectivity index (χ3n) is 3.76. The van der Waals surface area contributed by atoms with Crippen molar-refractivity contribution in [1.29, 1.82) is 0 Å². The molecular weight excluding hydrogens is 314 g/mol. The van der Waals surface area contributed by atoms with Crippen LogP contribution in [0.15, 0.2) is 22.7 Å². The van der Waals surface area contributed by atoms with Gasteiger partial charge < -0.3 is 10.2 Å². The van der Waals surface area contributed by atoms with Crippen molar-refractivity contribution < 1.29 is 0 Å². The van der Waals surface area contributed by atoms with Crippen LogP contribution in [-0.4, -0.2) is 44.7 Å². The monoisotopic (exact) mass is 339 g/mol. The quantitative estimate of drug-likeness (QED) is 0.889. The average Bonchev–Trinajstić information content (AvgIpc) is 2.41. The van der Waals surface area contributed by atoms with Crippen LogP contribution in [0, 0.1) is 5.92 Å². The second-order valence-electron chi connectivity index (χ2n) is 5.99. The van der Waals surface area contributed by atoms with Gasteiger partial charge in [-0.1, -0.05) is 35.8 Å². The van der Waals surface area contributed by atoms with E-state index in [1.807, 2.05) is 7.05 Å². The van der Waals surface area contributed by atoms with Gasteiger partial charge in [0.15, 0.2) is 0 Å². The molecule has 0 spiro atoms. The van der Waals surface area contributed by atoms with Crippen LogP contribution in [-0.2, 0) is 6.54 Å². The lowest BCUT2D eigenvalue weighted by molar-refractivity contribution is 0.231. The fraction of sp³-hybridized carbons (Fsp3) is 0.625. The van der Waals surface area contributed by atoms with Gasteiger partial charge >= 0.3 is 0 Å². The third kappa shape index (κ3) is 4.21. The highest BCUT2D eigenvalue weighted by atomic mass is 79.9. The molecule has 3 nitrogen and oxygen atoms in total. The van der Waals surface area contributed by atoms with E-state index in [0.29, 0.717) is 0 Å². The average molecular weight is 340 g/mol. The molecule has 112 valence electrons. The van der Waals surface area contributed by atoms with Crippen molar-refractivity contribution in [2.75, 3.05) is 44.7 Å². The minimum Gasteiger partial charge on any atom is -0.369 e. The maximum absolute atomic E-state index is 3.68. The molecule has 20 heavy (non-hydrogen) atoms.